The number of amides is 1. The minimum atomic E-state index is 0.0809. The third-order valence-corrected chi connectivity index (χ3v) is 3.95. The summed E-state index contributed by atoms with van der Waals surface area (Å²) in [6.45, 7) is 1.88. The fraction of sp³-hybridized carbons (Fsp3) is 0.923. The first-order chi connectivity index (χ1) is 7.86. The molecule has 0 spiro atoms. The average molecular weight is 224 g/mol. The van der Waals surface area contributed by atoms with Crippen LogP contribution in [0.5, 0.6) is 0 Å². The van der Waals surface area contributed by atoms with Crippen LogP contribution in [0.3, 0.4) is 0 Å². The van der Waals surface area contributed by atoms with E-state index in [0.29, 0.717) is 0 Å². The van der Waals surface area contributed by atoms with Crippen LogP contribution in [0.25, 0.3) is 0 Å². The molecule has 1 amide bonds. The van der Waals surface area contributed by atoms with E-state index in [4.69, 9.17) is 0 Å². The zero-order valence-electron chi connectivity index (χ0n) is 10.1. The van der Waals surface area contributed by atoms with Crippen molar-refractivity contribution in [3.05, 3.63) is 0 Å². The fourth-order valence-electron chi connectivity index (χ4n) is 2.90. The molecule has 0 bridgehead atoms. The van der Waals surface area contributed by atoms with Crippen LogP contribution in [0.1, 0.15) is 51.4 Å². The second-order valence-corrected chi connectivity index (χ2v) is 5.23. The number of piperidine rings is 1. The third kappa shape index (κ3) is 3.48. The van der Waals surface area contributed by atoms with E-state index in [0.717, 1.165) is 25.4 Å². The number of carbonyl (C=O) groups excluding carboxylic acids is 1. The van der Waals surface area contributed by atoms with Crippen LogP contribution in [-0.2, 0) is 4.79 Å². The highest BCUT2D eigenvalue weighted by Crippen LogP contribution is 2.26. The predicted molar refractivity (Wildman–Crippen MR) is 65.2 cm³/mol. The van der Waals surface area contributed by atoms with Gasteiger partial charge in [0.15, 0.2) is 0 Å². The molecule has 1 aliphatic carbocycles. The maximum absolute atomic E-state index is 11.8. The molecule has 1 atom stereocenters. The van der Waals surface area contributed by atoms with Crippen molar-refractivity contribution in [2.45, 2.75) is 57.4 Å². The van der Waals surface area contributed by atoms with Gasteiger partial charge >= 0.3 is 0 Å². The Labute approximate surface area is 98.4 Å². The Morgan fingerprint density at radius 3 is 2.56 bits per heavy atom. The highest BCUT2D eigenvalue weighted by atomic mass is 16.2. The Morgan fingerprint density at radius 2 is 1.88 bits per heavy atom. The lowest BCUT2D eigenvalue weighted by molar-refractivity contribution is -0.123. The summed E-state index contributed by atoms with van der Waals surface area (Å²) in [5, 5.41) is 6.36. The molecule has 1 saturated heterocycles. The number of nitrogens with one attached hydrogen (secondary N) is 2. The summed E-state index contributed by atoms with van der Waals surface area (Å²) in [5.41, 5.74) is 0. The van der Waals surface area contributed by atoms with Crippen molar-refractivity contribution < 1.29 is 4.79 Å². The molecule has 0 radical (unpaired) electrons. The Kier molecular flexibility index (Phi) is 4.64. The molecule has 16 heavy (non-hydrogen) atoms. The SMILES string of the molecule is O=C(NCCC1CCCC1)[C@@H]1CCCCN1. The Bertz CT molecular complexity index is 218. The summed E-state index contributed by atoms with van der Waals surface area (Å²) in [6.07, 6.45) is 10.1. The van der Waals surface area contributed by atoms with E-state index in [9.17, 15) is 4.79 Å². The van der Waals surface area contributed by atoms with Gasteiger partial charge in [0, 0.05) is 6.54 Å². The average Bonchev–Trinajstić information content (AvgIpc) is 2.83. The van der Waals surface area contributed by atoms with E-state index in [-0.39, 0.29) is 11.9 Å². The Hall–Kier alpha value is -0.570. The largest absolute Gasteiger partial charge is 0.355 e. The third-order valence-electron chi connectivity index (χ3n) is 3.95. The van der Waals surface area contributed by atoms with Gasteiger partial charge in [-0.15, -0.1) is 0 Å². The summed E-state index contributed by atoms with van der Waals surface area (Å²) in [6, 6.07) is 0.0809. The lowest BCUT2D eigenvalue weighted by Gasteiger charge is -2.22. The number of carbonyl (C=O) groups is 1. The molecule has 0 aromatic rings. The summed E-state index contributed by atoms with van der Waals surface area (Å²) in [7, 11) is 0. The standard InChI is InChI=1S/C13H24N2O/c16-13(12-7-3-4-9-14-12)15-10-8-11-5-1-2-6-11/h11-12,14H,1-10H2,(H,15,16)/t12-/m0/s1. The van der Waals surface area contributed by atoms with Gasteiger partial charge in [0.25, 0.3) is 0 Å². The summed E-state index contributed by atoms with van der Waals surface area (Å²) < 4.78 is 0. The van der Waals surface area contributed by atoms with Crippen molar-refractivity contribution in [2.24, 2.45) is 5.92 Å². The molecule has 2 N–H and O–H groups in total. The zero-order chi connectivity index (χ0) is 11.2. The van der Waals surface area contributed by atoms with Crippen molar-refractivity contribution in [3.8, 4) is 0 Å². The van der Waals surface area contributed by atoms with Crippen LogP contribution in [0, 0.1) is 5.92 Å². The first kappa shape index (κ1) is 11.9. The molecule has 2 fully saturated rings. The van der Waals surface area contributed by atoms with Crippen LogP contribution in [0.2, 0.25) is 0 Å². The molecular formula is C13H24N2O. The van der Waals surface area contributed by atoms with E-state index < -0.39 is 0 Å². The van der Waals surface area contributed by atoms with Crippen LogP contribution in [-0.4, -0.2) is 25.0 Å². The van der Waals surface area contributed by atoms with E-state index >= 15 is 0 Å². The quantitative estimate of drug-likeness (QED) is 0.765. The fourth-order valence-corrected chi connectivity index (χ4v) is 2.90. The molecule has 92 valence electrons. The molecule has 0 aromatic heterocycles. The molecule has 2 rings (SSSR count). The van der Waals surface area contributed by atoms with Gasteiger partial charge in [0.05, 0.1) is 6.04 Å². The molecule has 3 heteroatoms. The van der Waals surface area contributed by atoms with Crippen LogP contribution < -0.4 is 10.6 Å². The minimum Gasteiger partial charge on any atom is -0.355 e. The van der Waals surface area contributed by atoms with Crippen molar-refractivity contribution in [1.82, 2.24) is 10.6 Å². The highest BCUT2D eigenvalue weighted by molar-refractivity contribution is 5.81. The molecule has 3 nitrogen and oxygen atoms in total. The van der Waals surface area contributed by atoms with Crippen molar-refractivity contribution in [1.29, 1.82) is 0 Å². The number of hydrogen-bond acceptors (Lipinski definition) is 2. The second kappa shape index (κ2) is 6.24. The molecular weight excluding hydrogens is 200 g/mol. The van der Waals surface area contributed by atoms with Crippen LogP contribution >= 0.6 is 0 Å². The van der Waals surface area contributed by atoms with Gasteiger partial charge in [0.2, 0.25) is 5.91 Å². The number of hydrogen-bond donors (Lipinski definition) is 2. The lowest BCUT2D eigenvalue weighted by Crippen LogP contribution is -2.46. The predicted octanol–water partition coefficient (Wildman–Crippen LogP) is 1.82. The van der Waals surface area contributed by atoms with Crippen LogP contribution in [0.15, 0.2) is 0 Å². The van der Waals surface area contributed by atoms with Gasteiger partial charge < -0.3 is 10.6 Å². The first-order valence-electron chi connectivity index (χ1n) is 6.87. The van der Waals surface area contributed by atoms with E-state index in [1.54, 1.807) is 0 Å². The second-order valence-electron chi connectivity index (χ2n) is 5.23. The van der Waals surface area contributed by atoms with Crippen molar-refractivity contribution in [3.63, 3.8) is 0 Å². The highest BCUT2D eigenvalue weighted by Gasteiger charge is 2.20. The Morgan fingerprint density at radius 1 is 1.12 bits per heavy atom. The van der Waals surface area contributed by atoms with Crippen molar-refractivity contribution >= 4 is 5.91 Å². The summed E-state index contributed by atoms with van der Waals surface area (Å²) in [4.78, 5) is 11.8. The molecule has 1 saturated carbocycles. The normalized spacial score (nSPS) is 26.9. The monoisotopic (exact) mass is 224 g/mol. The summed E-state index contributed by atoms with van der Waals surface area (Å²) in [5.74, 6) is 1.09. The maximum atomic E-state index is 11.8. The molecule has 0 aromatic carbocycles. The van der Waals surface area contributed by atoms with Gasteiger partial charge in [-0.25, -0.2) is 0 Å². The number of rotatable bonds is 4. The Balaban J connectivity index is 1.59. The topological polar surface area (TPSA) is 41.1 Å². The summed E-state index contributed by atoms with van der Waals surface area (Å²) >= 11 is 0. The molecule has 1 heterocycles. The van der Waals surface area contributed by atoms with Gasteiger partial charge in [-0.05, 0) is 31.7 Å². The van der Waals surface area contributed by atoms with E-state index in [2.05, 4.69) is 10.6 Å². The van der Waals surface area contributed by atoms with E-state index in [1.807, 2.05) is 0 Å². The molecule has 1 aliphatic heterocycles. The lowest BCUT2D eigenvalue weighted by atomic mass is 10.0. The molecule has 0 unspecified atom stereocenters. The smallest absolute Gasteiger partial charge is 0.237 e. The molecule has 2 aliphatic rings. The zero-order valence-corrected chi connectivity index (χ0v) is 10.1. The maximum Gasteiger partial charge on any atom is 0.237 e. The van der Waals surface area contributed by atoms with Gasteiger partial charge in [-0.2, -0.15) is 0 Å². The minimum absolute atomic E-state index is 0.0809. The first-order valence-corrected chi connectivity index (χ1v) is 6.87. The van der Waals surface area contributed by atoms with Gasteiger partial charge in [-0.1, -0.05) is 32.1 Å². The van der Waals surface area contributed by atoms with Gasteiger partial charge in [0.1, 0.15) is 0 Å². The van der Waals surface area contributed by atoms with E-state index in [1.165, 1.54) is 44.9 Å². The van der Waals surface area contributed by atoms with Crippen molar-refractivity contribution in [2.75, 3.05) is 13.1 Å². The van der Waals surface area contributed by atoms with Gasteiger partial charge in [-0.3, -0.25) is 4.79 Å². The van der Waals surface area contributed by atoms with Crippen LogP contribution in [0.4, 0.5) is 0 Å².